The SMILES string of the molecule is Cc1noc(CCCNC(=O)N2C[C@H](C)[C@@H]2c2ccccc2)n1. The van der Waals surface area contributed by atoms with Gasteiger partial charge in [-0.25, -0.2) is 4.79 Å². The van der Waals surface area contributed by atoms with Gasteiger partial charge in [-0.3, -0.25) is 0 Å². The van der Waals surface area contributed by atoms with Crippen LogP contribution in [-0.4, -0.2) is 34.2 Å². The first-order valence-corrected chi connectivity index (χ1v) is 8.04. The van der Waals surface area contributed by atoms with E-state index >= 15 is 0 Å². The third-order valence-electron chi connectivity index (χ3n) is 4.17. The second-order valence-corrected chi connectivity index (χ2v) is 6.06. The summed E-state index contributed by atoms with van der Waals surface area (Å²) in [5.41, 5.74) is 1.20. The van der Waals surface area contributed by atoms with Crippen LogP contribution < -0.4 is 5.32 Å². The quantitative estimate of drug-likeness (QED) is 0.861. The lowest BCUT2D eigenvalue weighted by Gasteiger charge is -2.46. The molecule has 1 aromatic heterocycles. The normalized spacial score (nSPS) is 20.2. The van der Waals surface area contributed by atoms with E-state index in [4.69, 9.17) is 4.52 Å². The number of carbonyl (C=O) groups is 1. The molecule has 6 heteroatoms. The number of rotatable bonds is 5. The van der Waals surface area contributed by atoms with E-state index in [1.807, 2.05) is 23.1 Å². The van der Waals surface area contributed by atoms with E-state index in [-0.39, 0.29) is 12.1 Å². The van der Waals surface area contributed by atoms with E-state index in [0.29, 0.717) is 30.6 Å². The van der Waals surface area contributed by atoms with E-state index in [1.165, 1.54) is 5.56 Å². The summed E-state index contributed by atoms with van der Waals surface area (Å²) >= 11 is 0. The van der Waals surface area contributed by atoms with Gasteiger partial charge in [0.1, 0.15) is 0 Å². The minimum Gasteiger partial charge on any atom is -0.339 e. The maximum atomic E-state index is 12.3. The number of hydrogen-bond donors (Lipinski definition) is 1. The van der Waals surface area contributed by atoms with Crippen LogP contribution in [0.3, 0.4) is 0 Å². The number of aromatic nitrogens is 2. The molecule has 1 aliphatic rings. The Morgan fingerprint density at radius 3 is 2.83 bits per heavy atom. The smallest absolute Gasteiger partial charge is 0.317 e. The Kier molecular flexibility index (Phi) is 4.60. The van der Waals surface area contributed by atoms with Crippen LogP contribution in [0.15, 0.2) is 34.9 Å². The topological polar surface area (TPSA) is 71.3 Å². The molecule has 0 unspecified atom stereocenters. The van der Waals surface area contributed by atoms with Crippen LogP contribution in [0, 0.1) is 12.8 Å². The first-order valence-electron chi connectivity index (χ1n) is 8.04. The zero-order valence-corrected chi connectivity index (χ0v) is 13.5. The molecule has 3 rings (SSSR count). The molecule has 2 aromatic rings. The summed E-state index contributed by atoms with van der Waals surface area (Å²) in [5.74, 6) is 1.75. The van der Waals surface area contributed by atoms with E-state index in [2.05, 4.69) is 34.5 Å². The summed E-state index contributed by atoms with van der Waals surface area (Å²) in [6, 6.07) is 10.4. The number of nitrogens with one attached hydrogen (secondary N) is 1. The molecule has 2 heterocycles. The Hall–Kier alpha value is -2.37. The van der Waals surface area contributed by atoms with Crippen molar-refractivity contribution in [3.63, 3.8) is 0 Å². The maximum absolute atomic E-state index is 12.3. The Bertz CT molecular complexity index is 656. The standard InChI is InChI=1S/C17H22N4O2/c1-12-11-21(16(12)14-7-4-3-5-8-14)17(22)18-10-6-9-15-19-13(2)20-23-15/h3-5,7-8,12,16H,6,9-11H2,1-2H3,(H,18,22)/t12-,16+/m0/s1. The molecule has 1 N–H and O–H groups in total. The molecule has 1 saturated heterocycles. The van der Waals surface area contributed by atoms with Crippen LogP contribution in [0.1, 0.15) is 36.7 Å². The molecular formula is C17H22N4O2. The van der Waals surface area contributed by atoms with Gasteiger partial charge in [0.25, 0.3) is 0 Å². The second kappa shape index (κ2) is 6.81. The lowest BCUT2D eigenvalue weighted by Crippen LogP contribution is -2.55. The number of aryl methyl sites for hydroxylation is 2. The number of likely N-dealkylation sites (tertiary alicyclic amines) is 1. The van der Waals surface area contributed by atoms with Gasteiger partial charge in [0.05, 0.1) is 6.04 Å². The second-order valence-electron chi connectivity index (χ2n) is 6.06. The Morgan fingerprint density at radius 2 is 2.17 bits per heavy atom. The molecule has 0 saturated carbocycles. The summed E-state index contributed by atoms with van der Waals surface area (Å²) < 4.78 is 5.06. The minimum atomic E-state index is -0.00124. The van der Waals surface area contributed by atoms with E-state index in [0.717, 1.165) is 13.0 Å². The van der Waals surface area contributed by atoms with Gasteiger partial charge in [-0.15, -0.1) is 0 Å². The van der Waals surface area contributed by atoms with Gasteiger partial charge in [0.15, 0.2) is 5.82 Å². The van der Waals surface area contributed by atoms with Crippen LogP contribution in [-0.2, 0) is 6.42 Å². The molecule has 0 bridgehead atoms. The fourth-order valence-corrected chi connectivity index (χ4v) is 3.04. The molecule has 1 fully saturated rings. The monoisotopic (exact) mass is 314 g/mol. The first-order chi connectivity index (χ1) is 11.1. The van der Waals surface area contributed by atoms with Gasteiger partial charge in [0.2, 0.25) is 5.89 Å². The van der Waals surface area contributed by atoms with Crippen molar-refractivity contribution in [1.82, 2.24) is 20.4 Å². The van der Waals surface area contributed by atoms with Gasteiger partial charge in [-0.1, -0.05) is 42.4 Å². The zero-order valence-electron chi connectivity index (χ0n) is 13.5. The molecule has 122 valence electrons. The van der Waals surface area contributed by atoms with E-state index in [9.17, 15) is 4.79 Å². The van der Waals surface area contributed by atoms with Crippen molar-refractivity contribution >= 4 is 6.03 Å². The average Bonchev–Trinajstić information content (AvgIpc) is 2.95. The Balaban J connectivity index is 1.46. The van der Waals surface area contributed by atoms with Gasteiger partial charge in [-0.2, -0.15) is 4.98 Å². The highest BCUT2D eigenvalue weighted by Gasteiger charge is 2.39. The minimum absolute atomic E-state index is 0.00124. The predicted molar refractivity (Wildman–Crippen MR) is 85.8 cm³/mol. The molecule has 1 aliphatic heterocycles. The van der Waals surface area contributed by atoms with Crippen LogP contribution in [0.5, 0.6) is 0 Å². The number of benzene rings is 1. The van der Waals surface area contributed by atoms with Crippen LogP contribution in [0.4, 0.5) is 4.79 Å². The van der Waals surface area contributed by atoms with Gasteiger partial charge >= 0.3 is 6.03 Å². The maximum Gasteiger partial charge on any atom is 0.317 e. The Morgan fingerprint density at radius 1 is 1.39 bits per heavy atom. The number of amides is 2. The van der Waals surface area contributed by atoms with Crippen molar-refractivity contribution in [2.75, 3.05) is 13.1 Å². The lowest BCUT2D eigenvalue weighted by molar-refractivity contribution is 0.0593. The summed E-state index contributed by atoms with van der Waals surface area (Å²) in [7, 11) is 0. The molecule has 0 radical (unpaired) electrons. The number of urea groups is 1. The van der Waals surface area contributed by atoms with E-state index in [1.54, 1.807) is 6.92 Å². The summed E-state index contributed by atoms with van der Waals surface area (Å²) in [4.78, 5) is 18.4. The van der Waals surface area contributed by atoms with Crippen molar-refractivity contribution in [3.8, 4) is 0 Å². The Labute approximate surface area is 135 Å². The predicted octanol–water partition coefficient (Wildman–Crippen LogP) is 2.71. The molecule has 0 aliphatic carbocycles. The van der Waals surface area contributed by atoms with Crippen molar-refractivity contribution in [1.29, 1.82) is 0 Å². The van der Waals surface area contributed by atoms with Crippen LogP contribution in [0.25, 0.3) is 0 Å². The molecular weight excluding hydrogens is 292 g/mol. The fourth-order valence-electron chi connectivity index (χ4n) is 3.04. The highest BCUT2D eigenvalue weighted by molar-refractivity contribution is 5.75. The third kappa shape index (κ3) is 3.52. The van der Waals surface area contributed by atoms with Gasteiger partial charge < -0.3 is 14.7 Å². The number of carbonyl (C=O) groups excluding carboxylic acids is 1. The number of hydrogen-bond acceptors (Lipinski definition) is 4. The highest BCUT2D eigenvalue weighted by Crippen LogP contribution is 2.38. The van der Waals surface area contributed by atoms with Crippen LogP contribution in [0.2, 0.25) is 0 Å². The van der Waals surface area contributed by atoms with Crippen molar-refractivity contribution < 1.29 is 9.32 Å². The van der Waals surface area contributed by atoms with Crippen LogP contribution >= 0.6 is 0 Å². The molecule has 0 spiro atoms. The molecule has 23 heavy (non-hydrogen) atoms. The van der Waals surface area contributed by atoms with Gasteiger partial charge in [-0.05, 0) is 24.8 Å². The third-order valence-corrected chi connectivity index (χ3v) is 4.17. The van der Waals surface area contributed by atoms with Crippen molar-refractivity contribution in [3.05, 3.63) is 47.6 Å². The lowest BCUT2D eigenvalue weighted by atomic mass is 9.85. The molecule has 6 nitrogen and oxygen atoms in total. The molecule has 2 amide bonds. The fraction of sp³-hybridized carbons (Fsp3) is 0.471. The summed E-state index contributed by atoms with van der Waals surface area (Å²) in [5, 5.41) is 6.73. The summed E-state index contributed by atoms with van der Waals surface area (Å²) in [6.07, 6.45) is 1.46. The van der Waals surface area contributed by atoms with Gasteiger partial charge in [0, 0.05) is 19.5 Å². The molecule has 2 atom stereocenters. The zero-order chi connectivity index (χ0) is 16.2. The van der Waals surface area contributed by atoms with Crippen molar-refractivity contribution in [2.24, 2.45) is 5.92 Å². The first kappa shape index (κ1) is 15.5. The highest BCUT2D eigenvalue weighted by atomic mass is 16.5. The largest absolute Gasteiger partial charge is 0.339 e. The average molecular weight is 314 g/mol. The summed E-state index contributed by atoms with van der Waals surface area (Å²) in [6.45, 7) is 5.38. The van der Waals surface area contributed by atoms with Crippen molar-refractivity contribution in [2.45, 2.75) is 32.7 Å². The number of nitrogens with zero attached hydrogens (tertiary/aromatic N) is 3. The van der Waals surface area contributed by atoms with E-state index < -0.39 is 0 Å². The molecule has 1 aromatic carbocycles.